The third-order valence-electron chi connectivity index (χ3n) is 1.60. The Morgan fingerprint density at radius 2 is 2.00 bits per heavy atom. The van der Waals surface area contributed by atoms with E-state index in [-0.39, 0.29) is 0 Å². The Bertz CT molecular complexity index is 249. The Labute approximate surface area is 77.9 Å². The molecule has 0 fully saturated rings. The summed E-state index contributed by atoms with van der Waals surface area (Å²) in [6, 6.07) is 5.24. The predicted molar refractivity (Wildman–Crippen MR) is 49.5 cm³/mol. The standard InChI is InChI=1S/C10H13O3/c1-3-13-10-5-8(7-11)4-9(6-10)12-2/h4-7,11H,3H2,1-2H3. The molecule has 0 spiro atoms. The zero-order valence-electron chi connectivity index (χ0n) is 7.78. The zero-order chi connectivity index (χ0) is 9.68. The monoisotopic (exact) mass is 181 g/mol. The maximum absolute atomic E-state index is 8.81. The summed E-state index contributed by atoms with van der Waals surface area (Å²) >= 11 is 0. The van der Waals surface area contributed by atoms with E-state index in [4.69, 9.17) is 14.6 Å². The van der Waals surface area contributed by atoms with Crippen LogP contribution in [0, 0.1) is 6.61 Å². The fourth-order valence-electron chi connectivity index (χ4n) is 1.04. The van der Waals surface area contributed by atoms with E-state index < -0.39 is 0 Å². The molecule has 0 heterocycles. The number of ether oxygens (including phenoxy) is 2. The van der Waals surface area contributed by atoms with Crippen molar-refractivity contribution in [2.24, 2.45) is 0 Å². The number of hydrogen-bond donors (Lipinski definition) is 1. The summed E-state index contributed by atoms with van der Waals surface area (Å²) in [6.07, 6.45) is 0. The Morgan fingerprint density at radius 3 is 2.54 bits per heavy atom. The van der Waals surface area contributed by atoms with Crippen molar-refractivity contribution in [2.75, 3.05) is 13.7 Å². The number of benzene rings is 1. The van der Waals surface area contributed by atoms with Crippen molar-refractivity contribution >= 4 is 0 Å². The quantitative estimate of drug-likeness (QED) is 0.771. The molecule has 1 rings (SSSR count). The van der Waals surface area contributed by atoms with Crippen LogP contribution in [0.1, 0.15) is 12.5 Å². The molecule has 1 N–H and O–H groups in total. The number of aliphatic hydroxyl groups is 1. The number of methoxy groups -OCH3 is 1. The van der Waals surface area contributed by atoms with Crippen molar-refractivity contribution in [1.82, 2.24) is 0 Å². The summed E-state index contributed by atoms with van der Waals surface area (Å²) in [5, 5.41) is 8.81. The van der Waals surface area contributed by atoms with E-state index in [0.29, 0.717) is 23.7 Å². The normalized spacial score (nSPS) is 9.77. The van der Waals surface area contributed by atoms with Gasteiger partial charge in [-0.25, -0.2) is 0 Å². The lowest BCUT2D eigenvalue weighted by Crippen LogP contribution is -1.94. The van der Waals surface area contributed by atoms with Crippen molar-refractivity contribution in [3.8, 4) is 11.5 Å². The topological polar surface area (TPSA) is 38.7 Å². The van der Waals surface area contributed by atoms with Crippen LogP contribution in [-0.4, -0.2) is 18.8 Å². The average Bonchev–Trinajstić information content (AvgIpc) is 2.17. The Kier molecular flexibility index (Phi) is 3.58. The summed E-state index contributed by atoms with van der Waals surface area (Å²) in [5.74, 6) is 1.37. The maximum Gasteiger partial charge on any atom is 0.123 e. The van der Waals surface area contributed by atoms with E-state index >= 15 is 0 Å². The van der Waals surface area contributed by atoms with E-state index in [2.05, 4.69) is 0 Å². The van der Waals surface area contributed by atoms with Gasteiger partial charge in [0.25, 0.3) is 0 Å². The molecule has 1 aromatic rings. The summed E-state index contributed by atoms with van der Waals surface area (Å²) in [6.45, 7) is 3.52. The van der Waals surface area contributed by atoms with Gasteiger partial charge in [0.1, 0.15) is 18.1 Å². The highest BCUT2D eigenvalue weighted by Crippen LogP contribution is 2.23. The molecule has 13 heavy (non-hydrogen) atoms. The largest absolute Gasteiger partial charge is 0.497 e. The van der Waals surface area contributed by atoms with Crippen molar-refractivity contribution in [3.05, 3.63) is 30.4 Å². The fourth-order valence-corrected chi connectivity index (χ4v) is 1.04. The molecule has 0 amide bonds. The van der Waals surface area contributed by atoms with Gasteiger partial charge in [0, 0.05) is 6.07 Å². The molecule has 1 aromatic carbocycles. The molecule has 0 saturated heterocycles. The minimum absolute atomic E-state index is 0.595. The molecule has 1 radical (unpaired) electrons. The first-order valence-electron chi connectivity index (χ1n) is 4.09. The first-order chi connectivity index (χ1) is 6.30. The SMILES string of the molecule is CCOc1cc([CH]O)cc(OC)c1. The second-order valence-corrected chi connectivity index (χ2v) is 2.50. The fraction of sp³-hybridized carbons (Fsp3) is 0.300. The van der Waals surface area contributed by atoms with E-state index in [1.807, 2.05) is 6.92 Å². The number of aliphatic hydroxyl groups excluding tert-OH is 1. The Hall–Kier alpha value is -1.22. The van der Waals surface area contributed by atoms with Crippen molar-refractivity contribution in [1.29, 1.82) is 0 Å². The molecule has 0 aliphatic carbocycles. The van der Waals surface area contributed by atoms with E-state index in [0.717, 1.165) is 6.61 Å². The summed E-state index contributed by atoms with van der Waals surface area (Å²) < 4.78 is 10.3. The Balaban J connectivity index is 2.93. The lowest BCUT2D eigenvalue weighted by molar-refractivity contribution is 0.334. The molecule has 71 valence electrons. The molecule has 0 saturated carbocycles. The zero-order valence-corrected chi connectivity index (χ0v) is 7.78. The van der Waals surface area contributed by atoms with Gasteiger partial charge in [-0.3, -0.25) is 0 Å². The predicted octanol–water partition coefficient (Wildman–Crippen LogP) is 1.98. The van der Waals surface area contributed by atoms with Crippen molar-refractivity contribution < 1.29 is 14.6 Å². The smallest absolute Gasteiger partial charge is 0.123 e. The van der Waals surface area contributed by atoms with E-state index in [1.54, 1.807) is 25.3 Å². The van der Waals surface area contributed by atoms with Crippen LogP contribution in [0.15, 0.2) is 18.2 Å². The van der Waals surface area contributed by atoms with Crippen LogP contribution in [-0.2, 0) is 0 Å². The highest BCUT2D eigenvalue weighted by atomic mass is 16.5. The van der Waals surface area contributed by atoms with Crippen LogP contribution >= 0.6 is 0 Å². The minimum Gasteiger partial charge on any atom is -0.497 e. The molecular formula is C10H13O3. The second-order valence-electron chi connectivity index (χ2n) is 2.50. The third-order valence-corrected chi connectivity index (χ3v) is 1.60. The van der Waals surface area contributed by atoms with E-state index in [1.165, 1.54) is 0 Å². The lowest BCUT2D eigenvalue weighted by Gasteiger charge is -2.07. The maximum atomic E-state index is 8.81. The van der Waals surface area contributed by atoms with Gasteiger partial charge in [-0.05, 0) is 24.6 Å². The van der Waals surface area contributed by atoms with Crippen LogP contribution in [0.5, 0.6) is 11.5 Å². The molecule has 3 nitrogen and oxygen atoms in total. The van der Waals surface area contributed by atoms with Crippen LogP contribution in [0.3, 0.4) is 0 Å². The molecule has 0 aromatic heterocycles. The van der Waals surface area contributed by atoms with Gasteiger partial charge >= 0.3 is 0 Å². The van der Waals surface area contributed by atoms with Crippen molar-refractivity contribution in [2.45, 2.75) is 6.92 Å². The number of hydrogen-bond acceptors (Lipinski definition) is 3. The van der Waals surface area contributed by atoms with Crippen LogP contribution < -0.4 is 9.47 Å². The first kappa shape index (κ1) is 9.86. The van der Waals surface area contributed by atoms with Crippen molar-refractivity contribution in [3.63, 3.8) is 0 Å². The summed E-state index contributed by atoms with van der Waals surface area (Å²) in [7, 11) is 1.58. The molecule has 0 unspecified atom stereocenters. The molecule has 3 heteroatoms. The van der Waals surface area contributed by atoms with Gasteiger partial charge in [0.2, 0.25) is 0 Å². The third kappa shape index (κ3) is 2.63. The molecule has 0 aliphatic heterocycles. The average molecular weight is 181 g/mol. The van der Waals surface area contributed by atoms with E-state index in [9.17, 15) is 0 Å². The number of rotatable bonds is 4. The highest BCUT2D eigenvalue weighted by molar-refractivity contribution is 5.40. The summed E-state index contributed by atoms with van der Waals surface area (Å²) in [4.78, 5) is 0. The molecule has 0 aliphatic rings. The minimum atomic E-state index is 0.595. The lowest BCUT2D eigenvalue weighted by atomic mass is 10.2. The van der Waals surface area contributed by atoms with Gasteiger partial charge in [-0.1, -0.05) is 0 Å². The van der Waals surface area contributed by atoms with Gasteiger partial charge in [0.05, 0.1) is 13.7 Å². The Morgan fingerprint density at radius 1 is 1.31 bits per heavy atom. The molecule has 0 bridgehead atoms. The molecular weight excluding hydrogens is 168 g/mol. The van der Waals surface area contributed by atoms with Gasteiger partial charge in [-0.15, -0.1) is 0 Å². The second kappa shape index (κ2) is 4.72. The summed E-state index contributed by atoms with van der Waals surface area (Å²) in [5.41, 5.74) is 0.669. The van der Waals surface area contributed by atoms with Crippen LogP contribution in [0.25, 0.3) is 0 Å². The highest BCUT2D eigenvalue weighted by Gasteiger charge is 2.00. The van der Waals surface area contributed by atoms with Gasteiger partial charge in [0.15, 0.2) is 0 Å². The van der Waals surface area contributed by atoms with Crippen LogP contribution in [0.4, 0.5) is 0 Å². The van der Waals surface area contributed by atoms with Gasteiger partial charge in [-0.2, -0.15) is 0 Å². The molecule has 0 atom stereocenters. The first-order valence-corrected chi connectivity index (χ1v) is 4.09. The van der Waals surface area contributed by atoms with Crippen LogP contribution in [0.2, 0.25) is 0 Å². The van der Waals surface area contributed by atoms with Gasteiger partial charge < -0.3 is 14.6 Å².